The topological polar surface area (TPSA) is 73.9 Å². The van der Waals surface area contributed by atoms with Crippen LogP contribution in [0, 0.1) is 5.41 Å². The van der Waals surface area contributed by atoms with E-state index in [9.17, 15) is 9.59 Å². The van der Waals surface area contributed by atoms with Crippen molar-refractivity contribution in [1.82, 2.24) is 5.32 Å². The number of rotatable bonds is 7. The first kappa shape index (κ1) is 20.9. The van der Waals surface area contributed by atoms with E-state index in [0.29, 0.717) is 32.5 Å². The SMILES string of the molecule is COC(=O)CNC(=O)C1(Cc2ccc(-c3ccccc3OC)cc2)CCOCC1. The van der Waals surface area contributed by atoms with Gasteiger partial charge in [-0.1, -0.05) is 42.5 Å². The van der Waals surface area contributed by atoms with Gasteiger partial charge in [0.1, 0.15) is 12.3 Å². The van der Waals surface area contributed by atoms with Crippen LogP contribution in [0.2, 0.25) is 0 Å². The minimum atomic E-state index is -0.585. The van der Waals surface area contributed by atoms with E-state index in [2.05, 4.69) is 10.1 Å². The van der Waals surface area contributed by atoms with Crippen molar-refractivity contribution in [2.45, 2.75) is 19.3 Å². The fraction of sp³-hybridized carbons (Fsp3) is 0.391. The van der Waals surface area contributed by atoms with Gasteiger partial charge in [0.05, 0.1) is 19.6 Å². The van der Waals surface area contributed by atoms with Crippen LogP contribution in [0.25, 0.3) is 11.1 Å². The second kappa shape index (κ2) is 9.56. The van der Waals surface area contributed by atoms with Crippen molar-refractivity contribution in [2.75, 3.05) is 34.0 Å². The minimum Gasteiger partial charge on any atom is -0.496 e. The lowest BCUT2D eigenvalue weighted by Gasteiger charge is -2.35. The fourth-order valence-electron chi connectivity index (χ4n) is 3.73. The van der Waals surface area contributed by atoms with Gasteiger partial charge in [-0.05, 0) is 36.5 Å². The maximum Gasteiger partial charge on any atom is 0.325 e. The van der Waals surface area contributed by atoms with Gasteiger partial charge in [0.2, 0.25) is 5.91 Å². The predicted octanol–water partition coefficient (Wildman–Crippen LogP) is 2.99. The number of hydrogen-bond donors (Lipinski definition) is 1. The third kappa shape index (κ3) is 4.95. The van der Waals surface area contributed by atoms with Crippen molar-refractivity contribution in [3.8, 4) is 16.9 Å². The highest BCUT2D eigenvalue weighted by Gasteiger charge is 2.40. The number of benzene rings is 2. The first-order valence-corrected chi connectivity index (χ1v) is 9.73. The molecule has 2 aromatic carbocycles. The Hall–Kier alpha value is -2.86. The maximum atomic E-state index is 12.9. The van der Waals surface area contributed by atoms with Crippen molar-refractivity contribution in [1.29, 1.82) is 0 Å². The summed E-state index contributed by atoms with van der Waals surface area (Å²) in [5.41, 5.74) is 2.57. The van der Waals surface area contributed by atoms with E-state index in [1.165, 1.54) is 7.11 Å². The molecule has 1 amide bonds. The molecule has 3 rings (SSSR count). The second-order valence-electron chi connectivity index (χ2n) is 7.23. The van der Waals surface area contributed by atoms with Gasteiger partial charge in [-0.2, -0.15) is 0 Å². The molecule has 0 saturated carbocycles. The van der Waals surface area contributed by atoms with Gasteiger partial charge in [-0.25, -0.2) is 0 Å². The van der Waals surface area contributed by atoms with Crippen molar-refractivity contribution in [2.24, 2.45) is 5.41 Å². The number of methoxy groups -OCH3 is 2. The van der Waals surface area contributed by atoms with Gasteiger partial charge in [-0.15, -0.1) is 0 Å². The summed E-state index contributed by atoms with van der Waals surface area (Å²) in [7, 11) is 2.97. The zero-order valence-electron chi connectivity index (χ0n) is 16.9. The number of carbonyl (C=O) groups is 2. The highest BCUT2D eigenvalue weighted by Crippen LogP contribution is 2.36. The monoisotopic (exact) mass is 397 g/mol. The molecule has 1 aliphatic heterocycles. The average molecular weight is 397 g/mol. The number of esters is 1. The van der Waals surface area contributed by atoms with Crippen LogP contribution in [0.1, 0.15) is 18.4 Å². The fourth-order valence-corrected chi connectivity index (χ4v) is 3.73. The van der Waals surface area contributed by atoms with Crippen LogP contribution >= 0.6 is 0 Å². The van der Waals surface area contributed by atoms with Crippen LogP contribution in [-0.2, 0) is 25.5 Å². The van der Waals surface area contributed by atoms with Crippen LogP contribution < -0.4 is 10.1 Å². The van der Waals surface area contributed by atoms with E-state index in [-0.39, 0.29) is 12.5 Å². The van der Waals surface area contributed by atoms with E-state index in [1.54, 1.807) is 7.11 Å². The Balaban J connectivity index is 1.77. The lowest BCUT2D eigenvalue weighted by atomic mass is 9.74. The van der Waals surface area contributed by atoms with Crippen molar-refractivity contribution in [3.63, 3.8) is 0 Å². The second-order valence-corrected chi connectivity index (χ2v) is 7.23. The smallest absolute Gasteiger partial charge is 0.325 e. The zero-order valence-corrected chi connectivity index (χ0v) is 16.9. The molecule has 0 bridgehead atoms. The van der Waals surface area contributed by atoms with Gasteiger partial charge in [0, 0.05) is 18.8 Å². The summed E-state index contributed by atoms with van der Waals surface area (Å²) in [6.07, 6.45) is 1.83. The Kier molecular flexibility index (Phi) is 6.88. The molecule has 6 heteroatoms. The number of nitrogens with one attached hydrogen (secondary N) is 1. The summed E-state index contributed by atoms with van der Waals surface area (Å²) in [6, 6.07) is 16.1. The molecule has 1 saturated heterocycles. The summed E-state index contributed by atoms with van der Waals surface area (Å²) in [6.45, 7) is 0.945. The highest BCUT2D eigenvalue weighted by atomic mass is 16.5. The quantitative estimate of drug-likeness (QED) is 0.727. The molecule has 1 N–H and O–H groups in total. The van der Waals surface area contributed by atoms with E-state index >= 15 is 0 Å². The Bertz CT molecular complexity index is 841. The normalized spacial score (nSPS) is 15.4. The number of para-hydroxylation sites is 1. The molecule has 0 unspecified atom stereocenters. The number of carbonyl (C=O) groups excluding carboxylic acids is 2. The molecule has 1 fully saturated rings. The molecular formula is C23H27NO5. The van der Waals surface area contributed by atoms with Crippen molar-refractivity contribution < 1.29 is 23.8 Å². The summed E-state index contributed by atoms with van der Waals surface area (Å²) in [4.78, 5) is 24.3. The molecule has 29 heavy (non-hydrogen) atoms. The highest BCUT2D eigenvalue weighted by molar-refractivity contribution is 5.86. The Morgan fingerprint density at radius 3 is 2.38 bits per heavy atom. The molecule has 0 atom stereocenters. The van der Waals surface area contributed by atoms with E-state index in [4.69, 9.17) is 9.47 Å². The Morgan fingerprint density at radius 2 is 1.72 bits per heavy atom. The van der Waals surface area contributed by atoms with E-state index in [0.717, 1.165) is 22.4 Å². The van der Waals surface area contributed by atoms with Crippen molar-refractivity contribution >= 4 is 11.9 Å². The van der Waals surface area contributed by atoms with Crippen LogP contribution in [0.3, 0.4) is 0 Å². The molecule has 0 spiro atoms. The standard InChI is InChI=1S/C23H27NO5/c1-27-20-6-4-3-5-19(20)18-9-7-17(8-10-18)15-23(11-13-29-14-12-23)22(26)24-16-21(25)28-2/h3-10H,11-16H2,1-2H3,(H,24,26). The maximum absolute atomic E-state index is 12.9. The molecular weight excluding hydrogens is 370 g/mol. The lowest BCUT2D eigenvalue weighted by molar-refractivity contribution is -0.144. The number of amides is 1. The lowest BCUT2D eigenvalue weighted by Crippen LogP contribution is -2.47. The molecule has 1 aliphatic rings. The van der Waals surface area contributed by atoms with Gasteiger partial charge in [-0.3, -0.25) is 9.59 Å². The van der Waals surface area contributed by atoms with E-state index < -0.39 is 11.4 Å². The van der Waals surface area contributed by atoms with Crippen LogP contribution in [0.4, 0.5) is 0 Å². The number of hydrogen-bond acceptors (Lipinski definition) is 5. The Morgan fingerprint density at radius 1 is 1.03 bits per heavy atom. The largest absolute Gasteiger partial charge is 0.496 e. The van der Waals surface area contributed by atoms with Gasteiger partial charge in [0.15, 0.2) is 0 Å². The molecule has 2 aromatic rings. The number of ether oxygens (including phenoxy) is 3. The predicted molar refractivity (Wildman–Crippen MR) is 110 cm³/mol. The third-order valence-electron chi connectivity index (χ3n) is 5.47. The first-order valence-electron chi connectivity index (χ1n) is 9.73. The van der Waals surface area contributed by atoms with Gasteiger partial charge < -0.3 is 19.5 Å². The molecule has 0 radical (unpaired) electrons. The van der Waals surface area contributed by atoms with E-state index in [1.807, 2.05) is 48.5 Å². The zero-order chi connectivity index (χ0) is 20.7. The van der Waals surface area contributed by atoms with Gasteiger partial charge >= 0.3 is 5.97 Å². The third-order valence-corrected chi connectivity index (χ3v) is 5.47. The first-order chi connectivity index (χ1) is 14.1. The summed E-state index contributed by atoms with van der Waals surface area (Å²) in [5, 5.41) is 2.73. The van der Waals surface area contributed by atoms with Crippen LogP contribution in [-0.4, -0.2) is 45.9 Å². The summed E-state index contributed by atoms with van der Waals surface area (Å²) >= 11 is 0. The average Bonchev–Trinajstić information content (AvgIpc) is 2.78. The van der Waals surface area contributed by atoms with Crippen molar-refractivity contribution in [3.05, 3.63) is 54.1 Å². The van der Waals surface area contributed by atoms with Crippen LogP contribution in [0.15, 0.2) is 48.5 Å². The molecule has 1 heterocycles. The van der Waals surface area contributed by atoms with Crippen LogP contribution in [0.5, 0.6) is 5.75 Å². The van der Waals surface area contributed by atoms with Gasteiger partial charge in [0.25, 0.3) is 0 Å². The molecule has 0 aliphatic carbocycles. The molecule has 154 valence electrons. The molecule has 0 aromatic heterocycles. The summed E-state index contributed by atoms with van der Waals surface area (Å²) < 4.78 is 15.6. The molecule has 6 nitrogen and oxygen atoms in total. The minimum absolute atomic E-state index is 0.120. The Labute approximate surface area is 171 Å². The summed E-state index contributed by atoms with van der Waals surface area (Å²) in [5.74, 6) is 0.241.